The van der Waals surface area contributed by atoms with E-state index in [4.69, 9.17) is 16.3 Å². The summed E-state index contributed by atoms with van der Waals surface area (Å²) in [4.78, 5) is 14.1. The Morgan fingerprint density at radius 1 is 1.09 bits per heavy atom. The smallest absolute Gasteiger partial charge is 0.238 e. The van der Waals surface area contributed by atoms with E-state index in [1.807, 2.05) is 48.5 Å². The first-order chi connectivity index (χ1) is 10.7. The van der Waals surface area contributed by atoms with Crippen molar-refractivity contribution < 1.29 is 9.53 Å². The van der Waals surface area contributed by atoms with Crippen LogP contribution >= 0.6 is 11.6 Å². The third kappa shape index (κ3) is 2.29. The zero-order chi connectivity index (χ0) is 15.1. The van der Waals surface area contributed by atoms with E-state index in [9.17, 15) is 4.79 Å². The molecule has 112 valence electrons. The molecule has 2 atom stereocenters. The molecule has 1 fully saturated rings. The van der Waals surface area contributed by atoms with Crippen LogP contribution < -0.4 is 5.32 Å². The van der Waals surface area contributed by atoms with Crippen molar-refractivity contribution in [1.29, 1.82) is 0 Å². The zero-order valence-corrected chi connectivity index (χ0v) is 12.6. The fraction of sp³-hybridized carbons (Fsp3) is 0.235. The lowest BCUT2D eigenvalue weighted by atomic mass is 10.1. The lowest BCUT2D eigenvalue weighted by Gasteiger charge is -2.19. The van der Waals surface area contributed by atoms with E-state index < -0.39 is 0 Å². The van der Waals surface area contributed by atoms with Crippen LogP contribution in [0.3, 0.4) is 0 Å². The first-order valence-corrected chi connectivity index (χ1v) is 7.63. The standard InChI is InChI=1S/C17H15ClN2O2/c18-13-7-3-1-5-11(13)15-9-20-10-16(21)19-14-8-4-2-6-12(14)17(20)22-15/h1-8,15,17H,9-10H2,(H,19,21). The van der Waals surface area contributed by atoms with Crippen molar-refractivity contribution in [3.8, 4) is 0 Å². The summed E-state index contributed by atoms with van der Waals surface area (Å²) in [6.45, 7) is 0.969. The molecule has 0 spiro atoms. The van der Waals surface area contributed by atoms with E-state index in [1.54, 1.807) is 0 Å². The van der Waals surface area contributed by atoms with Crippen LogP contribution in [0, 0.1) is 0 Å². The summed E-state index contributed by atoms with van der Waals surface area (Å²) in [5.41, 5.74) is 2.78. The maximum absolute atomic E-state index is 12.1. The average molecular weight is 315 g/mol. The van der Waals surface area contributed by atoms with Gasteiger partial charge in [-0.1, -0.05) is 48.0 Å². The van der Waals surface area contributed by atoms with Crippen molar-refractivity contribution in [2.24, 2.45) is 0 Å². The number of amides is 1. The highest BCUT2D eigenvalue weighted by atomic mass is 35.5. The molecule has 2 aromatic carbocycles. The quantitative estimate of drug-likeness (QED) is 0.877. The maximum Gasteiger partial charge on any atom is 0.238 e. The Kier molecular flexibility index (Phi) is 3.37. The zero-order valence-electron chi connectivity index (χ0n) is 11.8. The molecule has 22 heavy (non-hydrogen) atoms. The molecule has 0 aliphatic carbocycles. The Bertz CT molecular complexity index is 734. The maximum atomic E-state index is 12.1. The molecular weight excluding hydrogens is 300 g/mol. The summed E-state index contributed by atoms with van der Waals surface area (Å²) in [5, 5.41) is 3.63. The largest absolute Gasteiger partial charge is 0.349 e. The molecule has 4 rings (SSSR count). The summed E-state index contributed by atoms with van der Waals surface area (Å²) in [7, 11) is 0. The number of para-hydroxylation sites is 1. The van der Waals surface area contributed by atoms with Crippen LogP contribution in [0.25, 0.3) is 0 Å². The topological polar surface area (TPSA) is 41.6 Å². The molecule has 1 N–H and O–H groups in total. The number of fused-ring (bicyclic) bond motifs is 3. The lowest BCUT2D eigenvalue weighted by Crippen LogP contribution is -2.30. The molecule has 2 unspecified atom stereocenters. The van der Waals surface area contributed by atoms with Gasteiger partial charge in [0, 0.05) is 28.4 Å². The molecule has 1 amide bonds. The average Bonchev–Trinajstić information content (AvgIpc) is 2.86. The Hall–Kier alpha value is -1.88. The molecule has 5 heteroatoms. The van der Waals surface area contributed by atoms with Crippen LogP contribution in [0.15, 0.2) is 48.5 Å². The monoisotopic (exact) mass is 314 g/mol. The van der Waals surface area contributed by atoms with Gasteiger partial charge < -0.3 is 10.1 Å². The van der Waals surface area contributed by atoms with Crippen molar-refractivity contribution in [2.75, 3.05) is 18.4 Å². The van der Waals surface area contributed by atoms with Gasteiger partial charge in [0.25, 0.3) is 0 Å². The van der Waals surface area contributed by atoms with E-state index in [0.29, 0.717) is 18.1 Å². The highest BCUT2D eigenvalue weighted by molar-refractivity contribution is 6.31. The van der Waals surface area contributed by atoms with Gasteiger partial charge in [0.05, 0.1) is 12.6 Å². The lowest BCUT2D eigenvalue weighted by molar-refractivity contribution is -0.118. The summed E-state index contributed by atoms with van der Waals surface area (Å²) < 4.78 is 6.24. The Morgan fingerprint density at radius 3 is 2.64 bits per heavy atom. The van der Waals surface area contributed by atoms with Gasteiger partial charge in [-0.15, -0.1) is 0 Å². The molecule has 0 bridgehead atoms. The van der Waals surface area contributed by atoms with Gasteiger partial charge in [0.1, 0.15) is 6.23 Å². The normalized spacial score (nSPS) is 24.3. The van der Waals surface area contributed by atoms with Crippen molar-refractivity contribution in [3.63, 3.8) is 0 Å². The number of benzene rings is 2. The minimum absolute atomic E-state index is 0.0154. The van der Waals surface area contributed by atoms with Gasteiger partial charge in [-0.2, -0.15) is 0 Å². The minimum atomic E-state index is -0.226. The number of ether oxygens (including phenoxy) is 1. The van der Waals surface area contributed by atoms with Gasteiger partial charge in [-0.05, 0) is 12.1 Å². The third-order valence-corrected chi connectivity index (χ3v) is 4.47. The molecule has 4 nitrogen and oxygen atoms in total. The highest BCUT2D eigenvalue weighted by Crippen LogP contribution is 2.42. The number of rotatable bonds is 1. The fourth-order valence-corrected chi connectivity index (χ4v) is 3.38. The number of nitrogens with zero attached hydrogens (tertiary/aromatic N) is 1. The van der Waals surface area contributed by atoms with Crippen LogP contribution in [0.1, 0.15) is 23.5 Å². The van der Waals surface area contributed by atoms with Gasteiger partial charge in [-0.3, -0.25) is 9.69 Å². The molecule has 0 radical (unpaired) electrons. The van der Waals surface area contributed by atoms with Gasteiger partial charge in [-0.25, -0.2) is 0 Å². The van der Waals surface area contributed by atoms with Gasteiger partial charge >= 0.3 is 0 Å². The number of carbonyl (C=O) groups is 1. The van der Waals surface area contributed by atoms with Crippen molar-refractivity contribution in [1.82, 2.24) is 4.90 Å². The summed E-state index contributed by atoms with van der Waals surface area (Å²) in [6, 6.07) is 15.5. The second-order valence-corrected chi connectivity index (χ2v) is 5.97. The molecule has 2 aliphatic rings. The molecule has 2 aromatic rings. The SMILES string of the molecule is O=C1CN2CC(c3ccccc3Cl)OC2c2ccccc2N1. The van der Waals surface area contributed by atoms with Crippen LogP contribution in [-0.4, -0.2) is 23.9 Å². The molecular formula is C17H15ClN2O2. The van der Waals surface area contributed by atoms with Crippen molar-refractivity contribution >= 4 is 23.2 Å². The number of anilines is 1. The van der Waals surface area contributed by atoms with E-state index in [0.717, 1.165) is 16.8 Å². The van der Waals surface area contributed by atoms with Crippen molar-refractivity contribution in [3.05, 3.63) is 64.7 Å². The van der Waals surface area contributed by atoms with Crippen LogP contribution in [-0.2, 0) is 9.53 Å². The molecule has 1 saturated heterocycles. The van der Waals surface area contributed by atoms with E-state index in [-0.39, 0.29) is 18.2 Å². The van der Waals surface area contributed by atoms with E-state index in [1.165, 1.54) is 0 Å². The first-order valence-electron chi connectivity index (χ1n) is 7.25. The van der Waals surface area contributed by atoms with E-state index in [2.05, 4.69) is 10.2 Å². The predicted octanol–water partition coefficient (Wildman–Crippen LogP) is 3.36. The van der Waals surface area contributed by atoms with Crippen LogP contribution in [0.2, 0.25) is 5.02 Å². The highest BCUT2D eigenvalue weighted by Gasteiger charge is 2.39. The Balaban J connectivity index is 1.71. The summed E-state index contributed by atoms with van der Waals surface area (Å²) >= 11 is 6.29. The number of hydrogen-bond donors (Lipinski definition) is 1. The fourth-order valence-electron chi connectivity index (χ4n) is 3.12. The van der Waals surface area contributed by atoms with Crippen LogP contribution in [0.4, 0.5) is 5.69 Å². The number of halogens is 1. The van der Waals surface area contributed by atoms with E-state index >= 15 is 0 Å². The number of nitrogens with one attached hydrogen (secondary N) is 1. The predicted molar refractivity (Wildman–Crippen MR) is 84.7 cm³/mol. The minimum Gasteiger partial charge on any atom is -0.349 e. The first kappa shape index (κ1) is 13.8. The van der Waals surface area contributed by atoms with Gasteiger partial charge in [0.15, 0.2) is 0 Å². The Morgan fingerprint density at radius 2 is 1.82 bits per heavy atom. The number of carbonyl (C=O) groups excluding carboxylic acids is 1. The summed E-state index contributed by atoms with van der Waals surface area (Å²) in [6.07, 6.45) is -0.353. The second kappa shape index (κ2) is 5.39. The molecule has 2 aliphatic heterocycles. The second-order valence-electron chi connectivity index (χ2n) is 5.56. The summed E-state index contributed by atoms with van der Waals surface area (Å²) in [5.74, 6) is -0.0154. The molecule has 0 saturated carbocycles. The molecule has 0 aromatic heterocycles. The van der Waals surface area contributed by atoms with Crippen molar-refractivity contribution in [2.45, 2.75) is 12.3 Å². The molecule has 2 heterocycles. The third-order valence-electron chi connectivity index (χ3n) is 4.12. The Labute approximate surface area is 133 Å². The van der Waals surface area contributed by atoms with Crippen LogP contribution in [0.5, 0.6) is 0 Å². The van der Waals surface area contributed by atoms with Gasteiger partial charge in [0.2, 0.25) is 5.91 Å². The number of hydrogen-bond acceptors (Lipinski definition) is 3.